The fourth-order valence-corrected chi connectivity index (χ4v) is 5.09. The van der Waals surface area contributed by atoms with Gasteiger partial charge in [0.2, 0.25) is 5.91 Å². The molecular weight excluding hydrogens is 517 g/mol. The number of carbonyl (C=O) groups excluding carboxylic acids is 2. The van der Waals surface area contributed by atoms with Gasteiger partial charge in [-0.05, 0) is 25.7 Å². The number of imidazole rings is 1. The predicted octanol–water partition coefficient (Wildman–Crippen LogP) is 5.21. The summed E-state index contributed by atoms with van der Waals surface area (Å²) in [5.41, 5.74) is -0.923. The Morgan fingerprint density at radius 3 is 2.50 bits per heavy atom. The highest BCUT2D eigenvalue weighted by Crippen LogP contribution is 2.41. The molecule has 0 spiro atoms. The minimum absolute atomic E-state index is 0.00765. The first-order valence-electron chi connectivity index (χ1n) is 14.4. The molecule has 3 atom stereocenters. The molecule has 11 heteroatoms. The number of aliphatic hydroxyl groups is 1. The fraction of sp³-hybridized carbons (Fsp3) is 0.690. The molecule has 2 aromatic rings. The smallest absolute Gasteiger partial charge is 0.312 e. The highest BCUT2D eigenvalue weighted by molar-refractivity contribution is 5.96. The number of nitrogens with one attached hydrogen (secondary N) is 1. The van der Waals surface area contributed by atoms with Crippen LogP contribution < -0.4 is 5.32 Å². The average molecular weight is 560 g/mol. The number of hydrogen-bond acceptors (Lipinski definition) is 8. The Hall–Kier alpha value is -3.10. The molecule has 1 saturated heterocycles. The van der Waals surface area contributed by atoms with Crippen molar-refractivity contribution >= 4 is 28.9 Å². The van der Waals surface area contributed by atoms with E-state index in [1.807, 2.05) is 0 Å². The van der Waals surface area contributed by atoms with Crippen LogP contribution in [-0.2, 0) is 19.1 Å². The van der Waals surface area contributed by atoms with Gasteiger partial charge in [0.05, 0.1) is 19.5 Å². The van der Waals surface area contributed by atoms with E-state index in [0.717, 1.165) is 19.3 Å². The standard InChI is InChI=1S/C29H42FN5O5/c1-4-6-7-8-9-10-11-12-13-16-22(37)32-26-25-27(34-28(30)33-26)35(20-31-25)23-19-21(36)29(5-2,40-23)18-15-14-17-24(38)39-3/h2,20-21,23,36H,4,6-19H2,1,3H3,(H,32,33,34,37)/t21-,23+,29-/m0/s1. The summed E-state index contributed by atoms with van der Waals surface area (Å²) in [5.74, 6) is 1.99. The summed E-state index contributed by atoms with van der Waals surface area (Å²) in [5, 5.41) is 13.5. The molecule has 40 heavy (non-hydrogen) atoms. The molecule has 0 unspecified atom stereocenters. The van der Waals surface area contributed by atoms with Crippen LogP contribution in [0.3, 0.4) is 0 Å². The number of terminal acetylenes is 1. The van der Waals surface area contributed by atoms with E-state index < -0.39 is 24.0 Å². The summed E-state index contributed by atoms with van der Waals surface area (Å²) in [6.07, 6.45) is 16.8. The molecule has 3 rings (SSSR count). The van der Waals surface area contributed by atoms with Gasteiger partial charge in [-0.25, -0.2) is 4.98 Å². The molecule has 1 aliphatic rings. The number of ether oxygens (including phenoxy) is 2. The molecule has 10 nitrogen and oxygen atoms in total. The number of fused-ring (bicyclic) bond motifs is 1. The predicted molar refractivity (Wildman–Crippen MR) is 149 cm³/mol. The van der Waals surface area contributed by atoms with Crippen molar-refractivity contribution in [2.24, 2.45) is 0 Å². The van der Waals surface area contributed by atoms with Gasteiger partial charge in [0, 0.05) is 19.3 Å². The third kappa shape index (κ3) is 8.45. The SMILES string of the molecule is C#C[C@@]1(CCCCC(=O)OC)O[C@@H](n2cnc3c(NC(=O)CCCCCCCCCCC)nc(F)nc32)C[C@@H]1O. The average Bonchev–Trinajstić information content (AvgIpc) is 3.51. The topological polar surface area (TPSA) is 128 Å². The quantitative estimate of drug-likeness (QED) is 0.117. The van der Waals surface area contributed by atoms with Crippen LogP contribution in [-0.4, -0.2) is 55.3 Å². The number of hydrogen-bond donors (Lipinski definition) is 2. The van der Waals surface area contributed by atoms with Crippen molar-refractivity contribution in [3.8, 4) is 12.3 Å². The van der Waals surface area contributed by atoms with Crippen molar-refractivity contribution < 1.29 is 28.6 Å². The molecule has 1 fully saturated rings. The molecule has 0 aromatic carbocycles. The maximum absolute atomic E-state index is 14.4. The molecule has 0 aliphatic carbocycles. The lowest BCUT2D eigenvalue weighted by Gasteiger charge is -2.26. The Morgan fingerprint density at radius 2 is 1.82 bits per heavy atom. The Labute approximate surface area is 235 Å². The number of nitrogens with zero attached hydrogens (tertiary/aromatic N) is 4. The van der Waals surface area contributed by atoms with Gasteiger partial charge in [-0.1, -0.05) is 64.2 Å². The maximum Gasteiger partial charge on any atom is 0.312 e. The number of carbonyl (C=O) groups is 2. The number of rotatable bonds is 17. The van der Waals surface area contributed by atoms with Gasteiger partial charge < -0.3 is 19.9 Å². The van der Waals surface area contributed by atoms with Crippen LogP contribution in [0.2, 0.25) is 0 Å². The van der Waals surface area contributed by atoms with Crippen molar-refractivity contribution in [1.82, 2.24) is 19.5 Å². The monoisotopic (exact) mass is 559 g/mol. The molecule has 0 bridgehead atoms. The Bertz CT molecular complexity index is 1170. The Kier molecular flexibility index (Phi) is 12.3. The first-order valence-corrected chi connectivity index (χ1v) is 14.4. The van der Waals surface area contributed by atoms with Crippen LogP contribution >= 0.6 is 0 Å². The van der Waals surface area contributed by atoms with E-state index in [4.69, 9.17) is 11.2 Å². The normalized spacial score (nSPS) is 20.5. The lowest BCUT2D eigenvalue weighted by Crippen LogP contribution is -2.37. The van der Waals surface area contributed by atoms with Crippen LogP contribution in [0.4, 0.5) is 10.2 Å². The lowest BCUT2D eigenvalue weighted by molar-refractivity contribution is -0.140. The van der Waals surface area contributed by atoms with E-state index >= 15 is 0 Å². The first-order chi connectivity index (χ1) is 19.3. The van der Waals surface area contributed by atoms with Gasteiger partial charge >= 0.3 is 12.0 Å². The van der Waals surface area contributed by atoms with E-state index in [1.54, 1.807) is 0 Å². The second-order valence-corrected chi connectivity index (χ2v) is 10.4. The summed E-state index contributed by atoms with van der Waals surface area (Å²) >= 11 is 0. The molecular formula is C29H42FN5O5. The molecule has 220 valence electrons. The third-order valence-corrected chi connectivity index (χ3v) is 7.43. The first kappa shape index (κ1) is 31.4. The van der Waals surface area contributed by atoms with E-state index in [2.05, 4.69) is 37.8 Å². The molecule has 2 N–H and O–H groups in total. The Morgan fingerprint density at radius 1 is 1.15 bits per heavy atom. The minimum Gasteiger partial charge on any atom is -0.469 e. The van der Waals surface area contributed by atoms with Crippen LogP contribution in [0.25, 0.3) is 11.2 Å². The minimum atomic E-state index is -1.27. The van der Waals surface area contributed by atoms with Gasteiger partial charge in [0.25, 0.3) is 0 Å². The maximum atomic E-state index is 14.4. The Balaban J connectivity index is 1.58. The van der Waals surface area contributed by atoms with Gasteiger partial charge in [-0.3, -0.25) is 14.2 Å². The second-order valence-electron chi connectivity index (χ2n) is 10.4. The van der Waals surface area contributed by atoms with Crippen LogP contribution in [0.1, 0.15) is 109 Å². The second kappa shape index (κ2) is 15.6. The third-order valence-electron chi connectivity index (χ3n) is 7.43. The summed E-state index contributed by atoms with van der Waals surface area (Å²) < 4.78 is 26.7. The summed E-state index contributed by atoms with van der Waals surface area (Å²) in [6, 6.07) is 0. The summed E-state index contributed by atoms with van der Waals surface area (Å²) in [7, 11) is 1.33. The summed E-state index contributed by atoms with van der Waals surface area (Å²) in [6.45, 7) is 2.21. The van der Waals surface area contributed by atoms with E-state index in [9.17, 15) is 19.1 Å². The zero-order valence-electron chi connectivity index (χ0n) is 23.7. The van der Waals surface area contributed by atoms with Gasteiger partial charge in [-0.15, -0.1) is 6.42 Å². The van der Waals surface area contributed by atoms with E-state index in [-0.39, 0.29) is 41.7 Å². The number of anilines is 1. The largest absolute Gasteiger partial charge is 0.469 e. The zero-order chi connectivity index (χ0) is 29.0. The molecule has 3 heterocycles. The molecule has 0 radical (unpaired) electrons. The number of aromatic nitrogens is 4. The van der Waals surface area contributed by atoms with Crippen molar-refractivity contribution in [2.75, 3.05) is 12.4 Å². The zero-order valence-corrected chi connectivity index (χ0v) is 23.7. The van der Waals surface area contributed by atoms with E-state index in [0.29, 0.717) is 25.7 Å². The molecule has 1 aliphatic heterocycles. The molecule has 2 aromatic heterocycles. The van der Waals surface area contributed by atoms with Crippen LogP contribution in [0.5, 0.6) is 0 Å². The van der Waals surface area contributed by atoms with Crippen LogP contribution in [0.15, 0.2) is 6.33 Å². The fourth-order valence-electron chi connectivity index (χ4n) is 5.09. The van der Waals surface area contributed by atoms with Gasteiger partial charge in [0.1, 0.15) is 6.23 Å². The highest BCUT2D eigenvalue weighted by Gasteiger charge is 2.47. The van der Waals surface area contributed by atoms with Gasteiger partial charge in [0.15, 0.2) is 22.6 Å². The number of esters is 1. The number of halogens is 1. The molecule has 1 amide bonds. The van der Waals surface area contributed by atoms with Crippen molar-refractivity contribution in [2.45, 2.75) is 121 Å². The lowest BCUT2D eigenvalue weighted by atomic mass is 9.91. The molecule has 0 saturated carbocycles. The number of amides is 1. The highest BCUT2D eigenvalue weighted by atomic mass is 19.1. The number of aliphatic hydroxyl groups excluding tert-OH is 1. The number of methoxy groups -OCH3 is 1. The number of unbranched alkanes of at least 4 members (excludes halogenated alkanes) is 9. The van der Waals surface area contributed by atoms with Gasteiger partial charge in [-0.2, -0.15) is 14.4 Å². The van der Waals surface area contributed by atoms with Crippen molar-refractivity contribution in [3.05, 3.63) is 12.4 Å². The van der Waals surface area contributed by atoms with Crippen molar-refractivity contribution in [3.63, 3.8) is 0 Å². The van der Waals surface area contributed by atoms with Crippen molar-refractivity contribution in [1.29, 1.82) is 0 Å². The summed E-state index contributed by atoms with van der Waals surface area (Å²) in [4.78, 5) is 35.9. The van der Waals surface area contributed by atoms with E-state index in [1.165, 1.54) is 56.5 Å². The van der Waals surface area contributed by atoms with Crippen LogP contribution in [0, 0.1) is 18.4 Å².